The summed E-state index contributed by atoms with van der Waals surface area (Å²) < 4.78 is 10.9. The summed E-state index contributed by atoms with van der Waals surface area (Å²) in [6, 6.07) is 3.77. The van der Waals surface area contributed by atoms with Crippen molar-refractivity contribution in [3.05, 3.63) is 17.8 Å². The zero-order valence-electron chi connectivity index (χ0n) is 12.6. The van der Waals surface area contributed by atoms with Crippen molar-refractivity contribution in [2.45, 2.75) is 52.8 Å². The summed E-state index contributed by atoms with van der Waals surface area (Å²) >= 11 is 0. The van der Waals surface area contributed by atoms with Crippen molar-refractivity contribution >= 4 is 0 Å². The van der Waals surface area contributed by atoms with Crippen LogP contribution in [-0.4, -0.2) is 35.1 Å². The number of rotatable bonds is 7. The third kappa shape index (κ3) is 7.08. The molecule has 5 nitrogen and oxygen atoms in total. The van der Waals surface area contributed by atoms with Crippen LogP contribution in [0.3, 0.4) is 0 Å². The molecule has 0 aliphatic carbocycles. The highest BCUT2D eigenvalue weighted by Crippen LogP contribution is 2.08. The second-order valence-corrected chi connectivity index (χ2v) is 5.55. The molecule has 0 radical (unpaired) electrons. The molecule has 108 valence electrons. The maximum absolute atomic E-state index is 5.60. The van der Waals surface area contributed by atoms with Crippen LogP contribution < -0.4 is 10.1 Å². The van der Waals surface area contributed by atoms with Crippen molar-refractivity contribution in [1.29, 1.82) is 0 Å². The topological polar surface area (TPSA) is 56.3 Å². The number of nitrogens with zero attached hydrogens (tertiary/aromatic N) is 2. The van der Waals surface area contributed by atoms with E-state index >= 15 is 0 Å². The van der Waals surface area contributed by atoms with Crippen LogP contribution in [0.4, 0.5) is 0 Å². The van der Waals surface area contributed by atoms with E-state index in [1.807, 2.05) is 26.0 Å². The number of hydrogen-bond donors (Lipinski definition) is 1. The van der Waals surface area contributed by atoms with Gasteiger partial charge < -0.3 is 14.8 Å². The molecule has 0 aliphatic rings. The average Bonchev–Trinajstić information content (AvgIpc) is 2.34. The van der Waals surface area contributed by atoms with Crippen molar-refractivity contribution in [3.8, 4) is 5.88 Å². The Kier molecular flexibility index (Phi) is 6.18. The fourth-order valence-electron chi connectivity index (χ4n) is 1.38. The molecule has 0 amide bonds. The molecule has 1 rings (SSSR count). The van der Waals surface area contributed by atoms with E-state index in [1.54, 1.807) is 0 Å². The van der Waals surface area contributed by atoms with Crippen LogP contribution in [0.1, 0.15) is 40.3 Å². The highest BCUT2D eigenvalue weighted by atomic mass is 16.5. The van der Waals surface area contributed by atoms with Crippen molar-refractivity contribution in [2.75, 3.05) is 13.2 Å². The normalized spacial score (nSPS) is 13.3. The Morgan fingerprint density at radius 1 is 1.26 bits per heavy atom. The predicted molar refractivity (Wildman–Crippen MR) is 75.2 cm³/mol. The van der Waals surface area contributed by atoms with Gasteiger partial charge in [-0.05, 0) is 40.7 Å². The molecule has 0 saturated heterocycles. The van der Waals surface area contributed by atoms with E-state index in [9.17, 15) is 0 Å². The third-order valence-corrected chi connectivity index (χ3v) is 2.37. The molecule has 0 bridgehead atoms. The van der Waals surface area contributed by atoms with Gasteiger partial charge in [0.05, 0.1) is 12.3 Å². The van der Waals surface area contributed by atoms with Crippen LogP contribution in [0.5, 0.6) is 5.88 Å². The highest BCUT2D eigenvalue weighted by Gasteiger charge is 2.10. The van der Waals surface area contributed by atoms with Gasteiger partial charge >= 0.3 is 0 Å². The second kappa shape index (κ2) is 7.40. The molecular weight excluding hydrogens is 242 g/mol. The summed E-state index contributed by atoms with van der Waals surface area (Å²) in [4.78, 5) is 0. The van der Waals surface area contributed by atoms with Gasteiger partial charge in [0.1, 0.15) is 6.10 Å². The zero-order chi connectivity index (χ0) is 14.3. The largest absolute Gasteiger partial charge is 0.471 e. The van der Waals surface area contributed by atoms with Crippen LogP contribution in [0.2, 0.25) is 0 Å². The van der Waals surface area contributed by atoms with Gasteiger partial charge in [0.25, 0.3) is 0 Å². The Morgan fingerprint density at radius 3 is 2.53 bits per heavy atom. The molecule has 19 heavy (non-hydrogen) atoms. The molecule has 0 fully saturated rings. The molecule has 0 aromatic carbocycles. The van der Waals surface area contributed by atoms with Crippen LogP contribution in [-0.2, 0) is 11.3 Å². The lowest BCUT2D eigenvalue weighted by Gasteiger charge is -2.20. The first kappa shape index (κ1) is 15.9. The minimum Gasteiger partial charge on any atom is -0.471 e. The van der Waals surface area contributed by atoms with Crippen molar-refractivity contribution in [3.63, 3.8) is 0 Å². The molecule has 5 heteroatoms. The summed E-state index contributed by atoms with van der Waals surface area (Å²) in [7, 11) is 0. The van der Waals surface area contributed by atoms with Crippen molar-refractivity contribution in [2.24, 2.45) is 0 Å². The van der Waals surface area contributed by atoms with Gasteiger partial charge in [-0.15, -0.1) is 5.10 Å². The van der Waals surface area contributed by atoms with Gasteiger partial charge in [0, 0.05) is 24.8 Å². The van der Waals surface area contributed by atoms with E-state index in [-0.39, 0.29) is 11.6 Å². The molecular formula is C14H25N3O2. The summed E-state index contributed by atoms with van der Waals surface area (Å²) in [6.07, 6.45) is -0.0206. The van der Waals surface area contributed by atoms with Crippen LogP contribution in [0.15, 0.2) is 12.1 Å². The Labute approximate surface area is 115 Å². The molecule has 1 aromatic rings. The summed E-state index contributed by atoms with van der Waals surface area (Å²) in [5, 5.41) is 11.6. The van der Waals surface area contributed by atoms with Gasteiger partial charge in [-0.2, -0.15) is 5.10 Å². The quantitative estimate of drug-likeness (QED) is 0.820. The van der Waals surface area contributed by atoms with Crippen LogP contribution in [0.25, 0.3) is 0 Å². The van der Waals surface area contributed by atoms with Crippen LogP contribution in [0, 0.1) is 0 Å². The summed E-state index contributed by atoms with van der Waals surface area (Å²) in [6.45, 7) is 12.2. The van der Waals surface area contributed by atoms with Gasteiger partial charge in [-0.1, -0.05) is 0 Å². The van der Waals surface area contributed by atoms with Gasteiger partial charge in [0.2, 0.25) is 5.88 Å². The monoisotopic (exact) mass is 267 g/mol. The standard InChI is InChI=1S/C14H25N3O2/c1-6-18-10-11(2)19-13-8-7-12(16-17-13)9-15-14(3,4)5/h7-8,11,15H,6,9-10H2,1-5H3. The smallest absolute Gasteiger partial charge is 0.233 e. The maximum atomic E-state index is 5.60. The molecule has 0 aliphatic heterocycles. The predicted octanol–water partition coefficient (Wildman–Crippen LogP) is 2.17. The minimum atomic E-state index is -0.0206. The van der Waals surface area contributed by atoms with Crippen molar-refractivity contribution < 1.29 is 9.47 Å². The number of ether oxygens (including phenoxy) is 2. The van der Waals surface area contributed by atoms with Crippen LogP contribution >= 0.6 is 0 Å². The number of hydrogen-bond acceptors (Lipinski definition) is 5. The zero-order valence-corrected chi connectivity index (χ0v) is 12.6. The molecule has 1 unspecified atom stereocenters. The Hall–Kier alpha value is -1.20. The first-order chi connectivity index (χ1) is 8.90. The fourth-order valence-corrected chi connectivity index (χ4v) is 1.38. The van der Waals surface area contributed by atoms with E-state index in [1.165, 1.54) is 0 Å². The first-order valence-corrected chi connectivity index (χ1v) is 6.72. The van der Waals surface area contributed by atoms with E-state index < -0.39 is 0 Å². The first-order valence-electron chi connectivity index (χ1n) is 6.72. The van der Waals surface area contributed by atoms with Gasteiger partial charge in [-0.3, -0.25) is 0 Å². The molecule has 0 saturated carbocycles. The maximum Gasteiger partial charge on any atom is 0.233 e. The van der Waals surface area contributed by atoms with Crippen molar-refractivity contribution in [1.82, 2.24) is 15.5 Å². The molecule has 1 N–H and O–H groups in total. The molecule has 1 atom stereocenters. The fraction of sp³-hybridized carbons (Fsp3) is 0.714. The summed E-state index contributed by atoms with van der Waals surface area (Å²) in [5.74, 6) is 0.534. The minimum absolute atomic E-state index is 0.0206. The lowest BCUT2D eigenvalue weighted by molar-refractivity contribution is 0.0628. The van der Waals surface area contributed by atoms with Gasteiger partial charge in [0.15, 0.2) is 0 Å². The Balaban J connectivity index is 2.43. The lowest BCUT2D eigenvalue weighted by Crippen LogP contribution is -2.35. The summed E-state index contributed by atoms with van der Waals surface area (Å²) in [5.41, 5.74) is 0.975. The molecule has 1 heterocycles. The van der Waals surface area contributed by atoms with E-state index in [2.05, 4.69) is 36.3 Å². The Bertz CT molecular complexity index is 360. The number of aromatic nitrogens is 2. The number of nitrogens with one attached hydrogen (secondary N) is 1. The molecule has 1 aromatic heterocycles. The SMILES string of the molecule is CCOCC(C)Oc1ccc(CNC(C)(C)C)nn1. The molecule has 0 spiro atoms. The van der Waals surface area contributed by atoms with E-state index in [0.717, 1.165) is 5.69 Å². The van der Waals surface area contributed by atoms with E-state index in [0.29, 0.717) is 25.6 Å². The van der Waals surface area contributed by atoms with Gasteiger partial charge in [-0.25, -0.2) is 0 Å². The Morgan fingerprint density at radius 2 is 2.00 bits per heavy atom. The lowest BCUT2D eigenvalue weighted by atomic mass is 10.1. The van der Waals surface area contributed by atoms with E-state index in [4.69, 9.17) is 9.47 Å². The third-order valence-electron chi connectivity index (χ3n) is 2.37. The highest BCUT2D eigenvalue weighted by molar-refractivity contribution is 5.11. The average molecular weight is 267 g/mol. The second-order valence-electron chi connectivity index (χ2n) is 5.55.